The fraction of sp³-hybridized carbons (Fsp3) is 0.294. The average molecular weight is 632 g/mol. The number of aryl methyl sites for hydroxylation is 1. The summed E-state index contributed by atoms with van der Waals surface area (Å²) in [5.74, 6) is -2.13. The zero-order valence-electron chi connectivity index (χ0n) is 24.7. The minimum atomic E-state index is -1.39. The maximum Gasteiger partial charge on any atom is 0.328 e. The second-order valence-electron chi connectivity index (χ2n) is 11.2. The van der Waals surface area contributed by atoms with Crippen LogP contribution in [0.1, 0.15) is 63.1 Å². The first-order valence-electron chi connectivity index (χ1n) is 14.7. The van der Waals surface area contributed by atoms with E-state index in [1.807, 2.05) is 6.07 Å². The quantitative estimate of drug-likeness (QED) is 0.221. The number of fused-ring (bicyclic) bond motifs is 2. The highest BCUT2D eigenvalue weighted by Gasteiger charge is 2.31. The molecule has 3 aromatic rings. The highest BCUT2D eigenvalue weighted by molar-refractivity contribution is 6.34. The fourth-order valence-corrected chi connectivity index (χ4v) is 6.14. The number of carboxylic acid groups (broad SMARTS) is 1. The molecule has 10 nitrogen and oxygen atoms in total. The molecule has 0 bridgehead atoms. The molecule has 0 aromatic heterocycles. The minimum Gasteiger partial charge on any atom is -0.508 e. The molecular formula is C34H34ClN3O7. The van der Waals surface area contributed by atoms with Crippen molar-refractivity contribution in [2.24, 2.45) is 5.92 Å². The van der Waals surface area contributed by atoms with Crippen molar-refractivity contribution in [3.63, 3.8) is 0 Å². The van der Waals surface area contributed by atoms with Crippen LogP contribution in [0, 0.1) is 5.92 Å². The van der Waals surface area contributed by atoms with Gasteiger partial charge in [0.25, 0.3) is 11.8 Å². The molecule has 2 aliphatic carbocycles. The number of carboxylic acids is 1. The van der Waals surface area contributed by atoms with E-state index in [1.54, 1.807) is 19.2 Å². The molecule has 0 spiro atoms. The smallest absolute Gasteiger partial charge is 0.328 e. The van der Waals surface area contributed by atoms with Gasteiger partial charge in [0.2, 0.25) is 5.91 Å². The van der Waals surface area contributed by atoms with Crippen LogP contribution in [-0.2, 0) is 22.6 Å². The van der Waals surface area contributed by atoms with Crippen molar-refractivity contribution in [2.75, 3.05) is 13.7 Å². The molecule has 3 amide bonds. The number of halogens is 1. The van der Waals surface area contributed by atoms with Crippen LogP contribution in [0.2, 0.25) is 5.02 Å². The number of phenolic OH excluding ortho intramolecular Hbond substituents is 1. The van der Waals surface area contributed by atoms with Gasteiger partial charge < -0.3 is 30.9 Å². The van der Waals surface area contributed by atoms with Crippen LogP contribution in [0.15, 0.2) is 66.2 Å². The zero-order valence-corrected chi connectivity index (χ0v) is 25.4. The number of ether oxygens (including phenoxy) is 1. The number of nitrogens with one attached hydrogen (secondary N) is 3. The number of aromatic hydroxyl groups is 1. The Bertz CT molecular complexity index is 1690. The summed E-state index contributed by atoms with van der Waals surface area (Å²) in [6.45, 7) is -0.125. The van der Waals surface area contributed by atoms with Gasteiger partial charge in [0.15, 0.2) is 0 Å². The largest absolute Gasteiger partial charge is 0.508 e. The van der Waals surface area contributed by atoms with E-state index in [9.17, 15) is 29.4 Å². The van der Waals surface area contributed by atoms with Crippen molar-refractivity contribution in [3.05, 3.63) is 99.1 Å². The van der Waals surface area contributed by atoms with Crippen molar-refractivity contribution in [3.8, 4) is 11.5 Å². The van der Waals surface area contributed by atoms with Crippen molar-refractivity contribution >= 4 is 40.9 Å². The highest BCUT2D eigenvalue weighted by atomic mass is 35.5. The normalized spacial score (nSPS) is 16.1. The lowest BCUT2D eigenvalue weighted by molar-refractivity contribution is -0.139. The Morgan fingerprint density at radius 3 is 2.53 bits per heavy atom. The summed E-state index contributed by atoms with van der Waals surface area (Å²) >= 11 is 6.30. The third-order valence-corrected chi connectivity index (χ3v) is 8.60. The van der Waals surface area contributed by atoms with Crippen LogP contribution in [-0.4, -0.2) is 53.6 Å². The molecule has 2 aliphatic rings. The second kappa shape index (κ2) is 13.9. The third kappa shape index (κ3) is 7.46. The van der Waals surface area contributed by atoms with Gasteiger partial charge in [-0.25, -0.2) is 4.79 Å². The summed E-state index contributed by atoms with van der Waals surface area (Å²) in [5, 5.41) is 27.1. The molecule has 3 aromatic carbocycles. The highest BCUT2D eigenvalue weighted by Crippen LogP contribution is 2.43. The first-order valence-corrected chi connectivity index (χ1v) is 15.1. The molecule has 0 heterocycles. The number of benzene rings is 3. The number of hydrogen-bond donors (Lipinski definition) is 5. The molecule has 234 valence electrons. The van der Waals surface area contributed by atoms with Gasteiger partial charge in [-0.15, -0.1) is 0 Å². The molecule has 0 aliphatic heterocycles. The Labute approximate surface area is 265 Å². The lowest BCUT2D eigenvalue weighted by Crippen LogP contribution is -2.49. The molecule has 11 heteroatoms. The van der Waals surface area contributed by atoms with E-state index in [2.05, 4.69) is 28.1 Å². The van der Waals surface area contributed by atoms with Crippen LogP contribution in [0.4, 0.5) is 0 Å². The Morgan fingerprint density at radius 2 is 1.80 bits per heavy atom. The van der Waals surface area contributed by atoms with Crippen molar-refractivity contribution in [1.82, 2.24) is 16.0 Å². The summed E-state index contributed by atoms with van der Waals surface area (Å²) in [7, 11) is 1.65. The van der Waals surface area contributed by atoms with Gasteiger partial charge in [0.1, 0.15) is 17.5 Å². The van der Waals surface area contributed by atoms with Crippen molar-refractivity contribution in [1.29, 1.82) is 0 Å². The summed E-state index contributed by atoms with van der Waals surface area (Å²) in [6.07, 6.45) is 3.75. The van der Waals surface area contributed by atoms with Gasteiger partial charge >= 0.3 is 5.97 Å². The van der Waals surface area contributed by atoms with Gasteiger partial charge in [-0.05, 0) is 96.8 Å². The van der Waals surface area contributed by atoms with E-state index in [1.165, 1.54) is 52.6 Å². The molecule has 0 fully saturated rings. The Morgan fingerprint density at radius 1 is 0.978 bits per heavy atom. The van der Waals surface area contributed by atoms with E-state index in [-0.39, 0.29) is 46.8 Å². The van der Waals surface area contributed by atoms with Gasteiger partial charge in [0, 0.05) is 24.6 Å². The Balaban J connectivity index is 1.15. The molecule has 45 heavy (non-hydrogen) atoms. The van der Waals surface area contributed by atoms with Crippen molar-refractivity contribution in [2.45, 2.75) is 44.7 Å². The predicted octanol–water partition coefficient (Wildman–Crippen LogP) is 4.48. The maximum atomic E-state index is 13.1. The van der Waals surface area contributed by atoms with Crippen LogP contribution in [0.25, 0.3) is 5.57 Å². The monoisotopic (exact) mass is 631 g/mol. The molecule has 5 N–H and O–H groups in total. The molecule has 5 rings (SSSR count). The topological polar surface area (TPSA) is 154 Å². The minimum absolute atomic E-state index is 0.0132. The van der Waals surface area contributed by atoms with E-state index in [0.29, 0.717) is 18.4 Å². The van der Waals surface area contributed by atoms with Gasteiger partial charge in [0.05, 0.1) is 17.7 Å². The number of rotatable bonds is 10. The lowest BCUT2D eigenvalue weighted by Gasteiger charge is -2.31. The Hall–Kier alpha value is -4.83. The number of aliphatic carboxylic acids is 1. The number of methoxy groups -OCH3 is 1. The molecule has 0 radical (unpaired) electrons. The summed E-state index contributed by atoms with van der Waals surface area (Å²) in [6, 6.07) is 15.2. The van der Waals surface area contributed by atoms with Crippen LogP contribution in [0.3, 0.4) is 0 Å². The number of carbonyl (C=O) groups is 4. The first-order chi connectivity index (χ1) is 21.6. The Kier molecular flexibility index (Phi) is 9.73. The maximum absolute atomic E-state index is 13.1. The molecular weight excluding hydrogens is 598 g/mol. The van der Waals surface area contributed by atoms with Gasteiger partial charge in [-0.3, -0.25) is 14.4 Å². The van der Waals surface area contributed by atoms with Crippen molar-refractivity contribution < 1.29 is 34.1 Å². The zero-order chi connectivity index (χ0) is 32.1. The third-order valence-electron chi connectivity index (χ3n) is 8.29. The van der Waals surface area contributed by atoms with E-state index < -0.39 is 23.8 Å². The van der Waals surface area contributed by atoms with Crippen LogP contribution in [0.5, 0.6) is 11.5 Å². The number of phenols is 1. The number of hydrogen-bond acceptors (Lipinski definition) is 6. The van der Waals surface area contributed by atoms with E-state index in [0.717, 1.165) is 25.0 Å². The van der Waals surface area contributed by atoms with Gasteiger partial charge in [-0.1, -0.05) is 35.4 Å². The molecule has 0 saturated carbocycles. The van der Waals surface area contributed by atoms with E-state index in [4.69, 9.17) is 16.3 Å². The number of carbonyl (C=O) groups excluding carboxylic acids is 3. The predicted molar refractivity (Wildman–Crippen MR) is 168 cm³/mol. The molecule has 0 saturated heterocycles. The summed E-state index contributed by atoms with van der Waals surface area (Å²) in [5.41, 5.74) is 5.89. The fourth-order valence-electron chi connectivity index (χ4n) is 5.88. The first kappa shape index (κ1) is 31.6. The standard InChI is InChI=1S/C34H34ClN3O7/c1-45-25-9-12-27-21(15-25)6-5-20-14-22(7-10-26(20)27)31(40)37-18-30(34(43)44)38-33(42)28-11-8-23(16-29(28)35)32(41)36-17-19-3-2-4-24(39)13-19/h2-4,8-9,11-13,15-16,22,30,39H,5-7,10,14,17-18H2,1H3,(H,36,41)(H,37,40)(H,38,42)(H,43,44)/t22?,30-/m0/s1. The van der Waals surface area contributed by atoms with Crippen LogP contribution >= 0.6 is 11.6 Å². The number of allylic oxidation sites excluding steroid dienone is 2. The second-order valence-corrected chi connectivity index (χ2v) is 11.6. The van der Waals surface area contributed by atoms with Gasteiger partial charge in [-0.2, -0.15) is 0 Å². The molecule has 2 atom stereocenters. The number of amides is 3. The summed E-state index contributed by atoms with van der Waals surface area (Å²) < 4.78 is 5.36. The van der Waals surface area contributed by atoms with E-state index >= 15 is 0 Å². The summed E-state index contributed by atoms with van der Waals surface area (Å²) in [4.78, 5) is 50.6. The van der Waals surface area contributed by atoms with Crippen LogP contribution < -0.4 is 20.7 Å². The molecule has 1 unspecified atom stereocenters. The average Bonchev–Trinajstić information content (AvgIpc) is 3.04. The SMILES string of the molecule is COc1ccc2c(c1)CCC1=C2CCC(C(=O)NC[C@H](NC(=O)c2ccc(C(=O)NCc3cccc(O)c3)cc2Cl)C(=O)O)C1. The lowest BCUT2D eigenvalue weighted by atomic mass is 9.74.